The topological polar surface area (TPSA) is 49.0 Å². The number of anilines is 1. The van der Waals surface area contributed by atoms with Gasteiger partial charge in [0.1, 0.15) is 3.57 Å². The van der Waals surface area contributed by atoms with Gasteiger partial charge >= 0.3 is 0 Å². The van der Waals surface area contributed by atoms with Crippen molar-refractivity contribution in [3.8, 4) is 0 Å². The van der Waals surface area contributed by atoms with E-state index >= 15 is 0 Å². The highest BCUT2D eigenvalue weighted by Gasteiger charge is 2.23. The van der Waals surface area contributed by atoms with Crippen molar-refractivity contribution >= 4 is 28.5 Å². The van der Waals surface area contributed by atoms with Crippen LogP contribution in [0, 0.1) is 3.57 Å². The maximum absolute atomic E-state index is 12.1. The van der Waals surface area contributed by atoms with Crippen molar-refractivity contribution in [2.24, 2.45) is 0 Å². The van der Waals surface area contributed by atoms with Gasteiger partial charge in [0, 0.05) is 18.5 Å². The Hall–Kier alpha value is -0.590. The summed E-state index contributed by atoms with van der Waals surface area (Å²) in [6.07, 6.45) is 4.91. The van der Waals surface area contributed by atoms with E-state index in [1.807, 2.05) is 0 Å². The minimum Gasteiger partial charge on any atom is -0.342 e. The van der Waals surface area contributed by atoms with Crippen molar-refractivity contribution < 1.29 is 0 Å². The molecule has 0 unspecified atom stereocenters. The number of nitrogens with one attached hydrogen (secondary N) is 1. The minimum atomic E-state index is -0.106. The van der Waals surface area contributed by atoms with Gasteiger partial charge in [0.2, 0.25) is 5.95 Å². The van der Waals surface area contributed by atoms with Crippen LogP contribution < -0.4 is 10.5 Å². The van der Waals surface area contributed by atoms with E-state index in [1.165, 1.54) is 25.7 Å². The van der Waals surface area contributed by atoms with Crippen molar-refractivity contribution in [1.82, 2.24) is 9.97 Å². The summed E-state index contributed by atoms with van der Waals surface area (Å²) in [7, 11) is 0. The maximum atomic E-state index is 12.1. The molecule has 0 aliphatic carbocycles. The van der Waals surface area contributed by atoms with Gasteiger partial charge in [0.05, 0.1) is 5.69 Å². The van der Waals surface area contributed by atoms with E-state index < -0.39 is 0 Å². The molecular weight excluding hydrogens is 353 g/mol. The number of halogens is 1. The maximum Gasteiger partial charge on any atom is 0.266 e. The van der Waals surface area contributed by atoms with Crippen LogP contribution in [0.4, 0.5) is 5.95 Å². The second-order valence-corrected chi connectivity index (χ2v) is 7.28. The summed E-state index contributed by atoms with van der Waals surface area (Å²) in [5.41, 5.74) is 0.779. The molecule has 4 nitrogen and oxygen atoms in total. The van der Waals surface area contributed by atoms with Gasteiger partial charge in [0.15, 0.2) is 0 Å². The molecule has 2 rings (SSSR count). The second-order valence-electron chi connectivity index (χ2n) is 6.20. The minimum absolute atomic E-state index is 0.0141. The Balaban J connectivity index is 2.41. The van der Waals surface area contributed by atoms with E-state index in [9.17, 15) is 4.79 Å². The molecule has 5 heteroatoms. The molecule has 1 fully saturated rings. The van der Waals surface area contributed by atoms with Crippen molar-refractivity contribution in [2.75, 3.05) is 18.0 Å². The third kappa shape index (κ3) is 3.49. The lowest BCUT2D eigenvalue weighted by Crippen LogP contribution is -2.32. The lowest BCUT2D eigenvalue weighted by atomic mass is 9.92. The third-order valence-corrected chi connectivity index (χ3v) is 4.47. The van der Waals surface area contributed by atoms with Crippen LogP contribution in [0.15, 0.2) is 4.79 Å². The Morgan fingerprint density at radius 2 is 1.74 bits per heavy atom. The fourth-order valence-electron chi connectivity index (χ4n) is 2.38. The van der Waals surface area contributed by atoms with Crippen LogP contribution in [0.1, 0.15) is 52.1 Å². The average molecular weight is 375 g/mol. The molecule has 0 bridgehead atoms. The molecule has 0 spiro atoms. The Labute approximate surface area is 128 Å². The van der Waals surface area contributed by atoms with E-state index in [0.29, 0.717) is 3.57 Å². The quantitative estimate of drug-likeness (QED) is 0.768. The predicted molar refractivity (Wildman–Crippen MR) is 87.0 cm³/mol. The van der Waals surface area contributed by atoms with Gasteiger partial charge in [0.25, 0.3) is 5.56 Å². The van der Waals surface area contributed by atoms with Crippen LogP contribution in [0.3, 0.4) is 0 Å². The van der Waals surface area contributed by atoms with Crippen LogP contribution in [-0.2, 0) is 5.41 Å². The van der Waals surface area contributed by atoms with Crippen molar-refractivity contribution in [3.05, 3.63) is 19.6 Å². The third-order valence-electron chi connectivity index (χ3n) is 3.47. The number of rotatable bonds is 1. The van der Waals surface area contributed by atoms with E-state index in [2.05, 4.69) is 53.2 Å². The van der Waals surface area contributed by atoms with E-state index in [0.717, 1.165) is 24.7 Å². The number of nitrogens with zero attached hydrogens (tertiary/aromatic N) is 2. The molecule has 1 saturated heterocycles. The molecule has 2 heterocycles. The van der Waals surface area contributed by atoms with Crippen LogP contribution in [-0.4, -0.2) is 23.1 Å². The highest BCUT2D eigenvalue weighted by Crippen LogP contribution is 2.25. The average Bonchev–Trinajstić information content (AvgIpc) is 2.59. The van der Waals surface area contributed by atoms with Crippen LogP contribution >= 0.6 is 22.6 Å². The Morgan fingerprint density at radius 3 is 2.26 bits per heavy atom. The zero-order valence-corrected chi connectivity index (χ0v) is 14.1. The second kappa shape index (κ2) is 5.81. The number of hydrogen-bond acceptors (Lipinski definition) is 3. The molecule has 1 N–H and O–H groups in total. The SMILES string of the molecule is CC(C)(C)c1nc(N2CCCCCC2)[nH]c(=O)c1I. The van der Waals surface area contributed by atoms with E-state index in [-0.39, 0.29) is 11.0 Å². The first-order valence-electron chi connectivity index (χ1n) is 6.95. The zero-order chi connectivity index (χ0) is 14.0. The first kappa shape index (κ1) is 14.8. The molecule has 0 atom stereocenters. The van der Waals surface area contributed by atoms with Gasteiger partial charge in [-0.05, 0) is 35.4 Å². The molecule has 1 aliphatic rings. The summed E-state index contributed by atoms with van der Waals surface area (Å²) in [4.78, 5) is 22.0. The molecular formula is C14H22IN3O. The van der Waals surface area contributed by atoms with Gasteiger partial charge in [-0.3, -0.25) is 9.78 Å². The van der Waals surface area contributed by atoms with E-state index in [1.54, 1.807) is 0 Å². The fourth-order valence-corrected chi connectivity index (χ4v) is 3.44. The molecule has 0 saturated carbocycles. The van der Waals surface area contributed by atoms with Gasteiger partial charge in [-0.2, -0.15) is 0 Å². The van der Waals surface area contributed by atoms with Gasteiger partial charge in [-0.15, -0.1) is 0 Å². The summed E-state index contributed by atoms with van der Waals surface area (Å²) < 4.78 is 0.712. The lowest BCUT2D eigenvalue weighted by Gasteiger charge is -2.25. The highest BCUT2D eigenvalue weighted by atomic mass is 127. The van der Waals surface area contributed by atoms with Gasteiger partial charge in [-0.1, -0.05) is 33.6 Å². The monoisotopic (exact) mass is 375 g/mol. The Morgan fingerprint density at radius 1 is 1.16 bits per heavy atom. The molecule has 19 heavy (non-hydrogen) atoms. The molecule has 0 amide bonds. The number of hydrogen-bond donors (Lipinski definition) is 1. The van der Waals surface area contributed by atoms with Crippen molar-refractivity contribution in [1.29, 1.82) is 0 Å². The Kier molecular flexibility index (Phi) is 4.53. The van der Waals surface area contributed by atoms with Crippen LogP contribution in [0.5, 0.6) is 0 Å². The van der Waals surface area contributed by atoms with Gasteiger partial charge in [-0.25, -0.2) is 4.98 Å². The number of aromatic amines is 1. The highest BCUT2D eigenvalue weighted by molar-refractivity contribution is 14.1. The molecule has 1 aromatic heterocycles. The molecule has 1 aromatic rings. The number of aromatic nitrogens is 2. The number of H-pyrrole nitrogens is 1. The van der Waals surface area contributed by atoms with Gasteiger partial charge < -0.3 is 4.90 Å². The molecule has 0 aromatic carbocycles. The molecule has 106 valence electrons. The Bertz CT molecular complexity index is 496. The largest absolute Gasteiger partial charge is 0.342 e. The van der Waals surface area contributed by atoms with Crippen molar-refractivity contribution in [3.63, 3.8) is 0 Å². The van der Waals surface area contributed by atoms with Crippen LogP contribution in [0.25, 0.3) is 0 Å². The summed E-state index contributed by atoms with van der Waals surface area (Å²) in [5, 5.41) is 0. The zero-order valence-electron chi connectivity index (χ0n) is 11.9. The van der Waals surface area contributed by atoms with Crippen LogP contribution in [0.2, 0.25) is 0 Å². The van der Waals surface area contributed by atoms with E-state index in [4.69, 9.17) is 4.98 Å². The smallest absolute Gasteiger partial charge is 0.266 e. The summed E-state index contributed by atoms with van der Waals surface area (Å²) in [6, 6.07) is 0. The molecule has 1 aliphatic heterocycles. The first-order chi connectivity index (χ1) is 8.89. The summed E-state index contributed by atoms with van der Waals surface area (Å²) >= 11 is 2.10. The first-order valence-corrected chi connectivity index (χ1v) is 8.03. The lowest BCUT2D eigenvalue weighted by molar-refractivity contribution is 0.558. The summed E-state index contributed by atoms with van der Waals surface area (Å²) in [5.74, 6) is 0.747. The predicted octanol–water partition coefficient (Wildman–Crippen LogP) is 3.05. The molecule has 0 radical (unpaired) electrons. The fraction of sp³-hybridized carbons (Fsp3) is 0.714. The summed E-state index contributed by atoms with van der Waals surface area (Å²) in [6.45, 7) is 8.29. The normalized spacial score (nSPS) is 17.4. The van der Waals surface area contributed by atoms with Crippen molar-refractivity contribution in [2.45, 2.75) is 51.9 Å². The standard InChI is InChI=1S/C14H22IN3O/c1-14(2,3)11-10(15)12(19)17-13(16-11)18-8-6-4-5-7-9-18/h4-9H2,1-3H3,(H,16,17,19).